The average Bonchev–Trinajstić information content (AvgIpc) is 3.08. The second-order valence-electron chi connectivity index (χ2n) is 6.18. The Morgan fingerprint density at radius 3 is 2.62 bits per heavy atom. The first-order valence-corrected chi connectivity index (χ1v) is 8.45. The van der Waals surface area contributed by atoms with Gasteiger partial charge in [0.15, 0.2) is 0 Å². The molecule has 1 amide bonds. The van der Waals surface area contributed by atoms with Gasteiger partial charge in [-0.1, -0.05) is 30.3 Å². The minimum Gasteiger partial charge on any atom is -0.497 e. The van der Waals surface area contributed by atoms with E-state index < -0.39 is 0 Å². The standard InChI is InChI=1S/C20H24N2O2/c1-24-19-9-6-15(7-10-19)3-2-4-20(23)22-12-16-5-8-17-13-21-14-18(17)11-16/h5-11,21H,2-4,12-14H2,1H3,(H,22,23). The summed E-state index contributed by atoms with van der Waals surface area (Å²) in [5.41, 5.74) is 5.11. The van der Waals surface area contributed by atoms with Crippen molar-refractivity contribution in [2.24, 2.45) is 0 Å². The molecule has 4 nitrogen and oxygen atoms in total. The van der Waals surface area contributed by atoms with Gasteiger partial charge in [0, 0.05) is 26.1 Å². The average molecular weight is 324 g/mol. The SMILES string of the molecule is COc1ccc(CCCC(=O)NCc2ccc3c(c2)CNC3)cc1. The van der Waals surface area contributed by atoms with Gasteiger partial charge in [-0.15, -0.1) is 0 Å². The van der Waals surface area contributed by atoms with Crippen molar-refractivity contribution >= 4 is 5.91 Å². The molecule has 0 unspecified atom stereocenters. The maximum Gasteiger partial charge on any atom is 0.220 e. The number of rotatable bonds is 7. The Kier molecular flexibility index (Phi) is 5.49. The topological polar surface area (TPSA) is 50.4 Å². The number of ether oxygens (including phenoxy) is 1. The van der Waals surface area contributed by atoms with Crippen molar-refractivity contribution < 1.29 is 9.53 Å². The molecule has 0 bridgehead atoms. The molecule has 2 aromatic carbocycles. The zero-order valence-corrected chi connectivity index (χ0v) is 14.1. The van der Waals surface area contributed by atoms with Gasteiger partial charge < -0.3 is 15.4 Å². The Morgan fingerprint density at radius 2 is 1.83 bits per heavy atom. The van der Waals surface area contributed by atoms with Crippen LogP contribution in [-0.2, 0) is 30.8 Å². The third-order valence-electron chi connectivity index (χ3n) is 4.42. The lowest BCUT2D eigenvalue weighted by Gasteiger charge is -2.07. The fourth-order valence-corrected chi connectivity index (χ4v) is 2.99. The van der Waals surface area contributed by atoms with Gasteiger partial charge in [0.1, 0.15) is 5.75 Å². The van der Waals surface area contributed by atoms with Gasteiger partial charge in [0.05, 0.1) is 7.11 Å². The predicted molar refractivity (Wildman–Crippen MR) is 94.8 cm³/mol. The molecule has 0 atom stereocenters. The van der Waals surface area contributed by atoms with E-state index in [1.54, 1.807) is 7.11 Å². The molecule has 0 radical (unpaired) electrons. The fourth-order valence-electron chi connectivity index (χ4n) is 2.99. The summed E-state index contributed by atoms with van der Waals surface area (Å²) in [7, 11) is 1.66. The number of amides is 1. The van der Waals surface area contributed by atoms with Gasteiger partial charge in [-0.25, -0.2) is 0 Å². The van der Waals surface area contributed by atoms with Crippen LogP contribution in [0.4, 0.5) is 0 Å². The summed E-state index contributed by atoms with van der Waals surface area (Å²) in [5, 5.41) is 6.35. The van der Waals surface area contributed by atoms with Gasteiger partial charge in [0.2, 0.25) is 5.91 Å². The molecule has 24 heavy (non-hydrogen) atoms. The van der Waals surface area contributed by atoms with Gasteiger partial charge in [-0.2, -0.15) is 0 Å². The van der Waals surface area contributed by atoms with Crippen LogP contribution < -0.4 is 15.4 Å². The van der Waals surface area contributed by atoms with E-state index in [9.17, 15) is 4.79 Å². The summed E-state index contributed by atoms with van der Waals surface area (Å²) in [6, 6.07) is 14.5. The van der Waals surface area contributed by atoms with E-state index in [-0.39, 0.29) is 5.91 Å². The van der Waals surface area contributed by atoms with Crippen LogP contribution in [0.25, 0.3) is 0 Å². The van der Waals surface area contributed by atoms with Gasteiger partial charge in [-0.3, -0.25) is 4.79 Å². The van der Waals surface area contributed by atoms with Crippen LogP contribution in [0.2, 0.25) is 0 Å². The lowest BCUT2D eigenvalue weighted by molar-refractivity contribution is -0.121. The lowest BCUT2D eigenvalue weighted by atomic mass is 10.1. The molecule has 0 aliphatic carbocycles. The zero-order chi connectivity index (χ0) is 16.8. The van der Waals surface area contributed by atoms with Crippen molar-refractivity contribution in [3.05, 3.63) is 64.7 Å². The molecule has 1 heterocycles. The summed E-state index contributed by atoms with van der Waals surface area (Å²) in [6.45, 7) is 2.49. The van der Waals surface area contributed by atoms with Crippen molar-refractivity contribution in [3.63, 3.8) is 0 Å². The molecule has 0 saturated carbocycles. The second kappa shape index (κ2) is 7.97. The van der Waals surface area contributed by atoms with E-state index in [4.69, 9.17) is 4.74 Å². The van der Waals surface area contributed by atoms with Crippen molar-refractivity contribution in [1.29, 1.82) is 0 Å². The number of hydrogen-bond acceptors (Lipinski definition) is 3. The lowest BCUT2D eigenvalue weighted by Crippen LogP contribution is -2.22. The minimum absolute atomic E-state index is 0.113. The number of nitrogens with one attached hydrogen (secondary N) is 2. The molecule has 4 heteroatoms. The van der Waals surface area contributed by atoms with Crippen molar-refractivity contribution in [1.82, 2.24) is 10.6 Å². The molecule has 0 aromatic heterocycles. The molecule has 0 saturated heterocycles. The summed E-state index contributed by atoms with van der Waals surface area (Å²) in [5.74, 6) is 0.975. The molecular weight excluding hydrogens is 300 g/mol. The number of aryl methyl sites for hydroxylation is 1. The maximum absolute atomic E-state index is 12.0. The number of carbonyl (C=O) groups excluding carboxylic acids is 1. The second-order valence-corrected chi connectivity index (χ2v) is 6.18. The van der Waals surface area contributed by atoms with Crippen LogP contribution in [-0.4, -0.2) is 13.0 Å². The number of benzene rings is 2. The van der Waals surface area contributed by atoms with Crippen LogP contribution >= 0.6 is 0 Å². The Labute approximate surface area is 143 Å². The summed E-state index contributed by atoms with van der Waals surface area (Å²) >= 11 is 0. The zero-order valence-electron chi connectivity index (χ0n) is 14.1. The molecule has 2 aromatic rings. The predicted octanol–water partition coefficient (Wildman–Crippen LogP) is 2.94. The molecule has 3 rings (SSSR count). The number of fused-ring (bicyclic) bond motifs is 1. The summed E-state index contributed by atoms with van der Waals surface area (Å²) in [4.78, 5) is 12.0. The first-order valence-electron chi connectivity index (χ1n) is 8.45. The normalized spacial score (nSPS) is 12.7. The van der Waals surface area contributed by atoms with Gasteiger partial charge in [-0.05, 0) is 47.2 Å². The van der Waals surface area contributed by atoms with E-state index >= 15 is 0 Å². The monoisotopic (exact) mass is 324 g/mol. The molecule has 1 aliphatic heterocycles. The van der Waals surface area contributed by atoms with E-state index in [1.165, 1.54) is 22.3 Å². The summed E-state index contributed by atoms with van der Waals surface area (Å²) in [6.07, 6.45) is 2.31. The molecule has 0 fully saturated rings. The highest BCUT2D eigenvalue weighted by molar-refractivity contribution is 5.75. The molecular formula is C20H24N2O2. The fraction of sp³-hybridized carbons (Fsp3) is 0.350. The van der Waals surface area contributed by atoms with Crippen molar-refractivity contribution in [3.8, 4) is 5.75 Å². The first-order chi connectivity index (χ1) is 11.7. The Balaban J connectivity index is 1.39. The van der Waals surface area contributed by atoms with Crippen LogP contribution in [0.15, 0.2) is 42.5 Å². The molecule has 2 N–H and O–H groups in total. The number of carbonyl (C=O) groups is 1. The Morgan fingerprint density at radius 1 is 1.08 bits per heavy atom. The highest BCUT2D eigenvalue weighted by Crippen LogP contribution is 2.17. The van der Waals surface area contributed by atoms with E-state index in [1.807, 2.05) is 12.1 Å². The van der Waals surface area contributed by atoms with Crippen LogP contribution in [0.1, 0.15) is 35.1 Å². The maximum atomic E-state index is 12.0. The minimum atomic E-state index is 0.113. The molecule has 126 valence electrons. The highest BCUT2D eigenvalue weighted by Gasteiger charge is 2.10. The van der Waals surface area contributed by atoms with Crippen molar-refractivity contribution in [2.45, 2.75) is 38.9 Å². The first kappa shape index (κ1) is 16.5. The molecule has 1 aliphatic rings. The third kappa shape index (κ3) is 4.36. The largest absolute Gasteiger partial charge is 0.497 e. The number of hydrogen-bond donors (Lipinski definition) is 2. The van der Waals surface area contributed by atoms with Gasteiger partial charge in [0.25, 0.3) is 0 Å². The van der Waals surface area contributed by atoms with E-state index in [0.29, 0.717) is 13.0 Å². The quantitative estimate of drug-likeness (QED) is 0.823. The van der Waals surface area contributed by atoms with Crippen molar-refractivity contribution in [2.75, 3.05) is 7.11 Å². The van der Waals surface area contributed by atoms with E-state index in [0.717, 1.165) is 31.7 Å². The van der Waals surface area contributed by atoms with E-state index in [2.05, 4.69) is 41.0 Å². The van der Waals surface area contributed by atoms with Crippen LogP contribution in [0.5, 0.6) is 5.75 Å². The number of methoxy groups -OCH3 is 1. The highest BCUT2D eigenvalue weighted by atomic mass is 16.5. The van der Waals surface area contributed by atoms with Gasteiger partial charge >= 0.3 is 0 Å². The Bertz CT molecular complexity index is 695. The smallest absolute Gasteiger partial charge is 0.220 e. The summed E-state index contributed by atoms with van der Waals surface area (Å²) < 4.78 is 5.15. The van der Waals surface area contributed by atoms with Crippen LogP contribution in [0, 0.1) is 0 Å². The van der Waals surface area contributed by atoms with Crippen LogP contribution in [0.3, 0.4) is 0 Å². The Hall–Kier alpha value is -2.33. The molecule has 0 spiro atoms. The third-order valence-corrected chi connectivity index (χ3v) is 4.42.